The van der Waals surface area contributed by atoms with Gasteiger partial charge in [0.05, 0.1) is 13.2 Å². The molecule has 0 spiro atoms. The molecule has 0 radical (unpaired) electrons. The fraction of sp³-hybridized carbons (Fsp3) is 0.600. The van der Waals surface area contributed by atoms with E-state index in [9.17, 15) is 13.2 Å². The highest BCUT2D eigenvalue weighted by atomic mass is 19.4. The number of rotatable bonds is 9. The molecule has 1 N–H and O–H groups in total. The molecule has 1 rings (SSSR count). The maximum absolute atomic E-state index is 12.1. The number of benzene rings is 1. The highest BCUT2D eigenvalue weighted by Crippen LogP contribution is 2.28. The Balaban J connectivity index is 2.63. The van der Waals surface area contributed by atoms with E-state index in [2.05, 4.69) is 5.32 Å². The van der Waals surface area contributed by atoms with Gasteiger partial charge in [0.25, 0.3) is 0 Å². The Bertz CT molecular complexity index is 410. The summed E-state index contributed by atoms with van der Waals surface area (Å²) in [5, 5.41) is 3.15. The van der Waals surface area contributed by atoms with Gasteiger partial charge in [-0.2, -0.15) is 13.2 Å². The molecular formula is C15H22F3NO2. The van der Waals surface area contributed by atoms with Gasteiger partial charge in [0.15, 0.2) is 0 Å². The van der Waals surface area contributed by atoms with Gasteiger partial charge in [0.1, 0.15) is 5.75 Å². The molecule has 0 bridgehead atoms. The summed E-state index contributed by atoms with van der Waals surface area (Å²) < 4.78 is 47.3. The van der Waals surface area contributed by atoms with Crippen molar-refractivity contribution in [1.29, 1.82) is 0 Å². The molecule has 120 valence electrons. The fourth-order valence-corrected chi connectivity index (χ4v) is 1.96. The molecule has 21 heavy (non-hydrogen) atoms. The van der Waals surface area contributed by atoms with E-state index in [-0.39, 0.29) is 19.1 Å². The molecule has 1 aromatic rings. The lowest BCUT2D eigenvalue weighted by atomic mass is 10.1. The highest BCUT2D eigenvalue weighted by Gasteiger charge is 2.26. The van der Waals surface area contributed by atoms with Crippen LogP contribution in [0.15, 0.2) is 24.3 Å². The van der Waals surface area contributed by atoms with E-state index < -0.39 is 12.6 Å². The monoisotopic (exact) mass is 305 g/mol. The van der Waals surface area contributed by atoms with Crippen LogP contribution < -0.4 is 10.1 Å². The Hall–Kier alpha value is -1.27. The van der Waals surface area contributed by atoms with Crippen molar-refractivity contribution in [2.45, 2.75) is 32.0 Å². The minimum Gasteiger partial charge on any atom is -0.496 e. The maximum atomic E-state index is 12.1. The van der Waals surface area contributed by atoms with E-state index in [1.165, 1.54) is 0 Å². The molecule has 3 nitrogen and oxygen atoms in total. The zero-order valence-corrected chi connectivity index (χ0v) is 12.4. The van der Waals surface area contributed by atoms with E-state index in [0.717, 1.165) is 12.1 Å². The molecule has 1 atom stereocenters. The molecular weight excluding hydrogens is 283 g/mol. The van der Waals surface area contributed by atoms with Crippen molar-refractivity contribution >= 4 is 0 Å². The number of nitrogens with one attached hydrogen (secondary N) is 1. The van der Waals surface area contributed by atoms with Gasteiger partial charge in [-0.05, 0) is 19.0 Å². The van der Waals surface area contributed by atoms with Crippen LogP contribution in [-0.4, -0.2) is 33.0 Å². The molecule has 6 heteroatoms. The van der Waals surface area contributed by atoms with Gasteiger partial charge in [-0.3, -0.25) is 0 Å². The maximum Gasteiger partial charge on any atom is 0.389 e. The van der Waals surface area contributed by atoms with Gasteiger partial charge in [0, 0.05) is 25.1 Å². The molecule has 1 aromatic carbocycles. The standard InChI is InChI=1S/C15H22F3NO2/c1-3-19-11-14(21-10-6-9-15(16,17)18)12-7-4-5-8-13(12)20-2/h4-5,7-8,14,19H,3,6,9-11H2,1-2H3. The second-order valence-corrected chi connectivity index (χ2v) is 4.63. The minimum absolute atomic E-state index is 0.0404. The lowest BCUT2D eigenvalue weighted by Gasteiger charge is -2.21. The third-order valence-corrected chi connectivity index (χ3v) is 2.99. The Labute approximate surface area is 123 Å². The average molecular weight is 305 g/mol. The molecule has 0 aliphatic carbocycles. The van der Waals surface area contributed by atoms with Gasteiger partial charge < -0.3 is 14.8 Å². The molecule has 0 amide bonds. The van der Waals surface area contributed by atoms with Crippen LogP contribution >= 0.6 is 0 Å². The van der Waals surface area contributed by atoms with Crippen LogP contribution in [0.4, 0.5) is 13.2 Å². The van der Waals surface area contributed by atoms with Crippen molar-refractivity contribution in [3.63, 3.8) is 0 Å². The first-order chi connectivity index (χ1) is 9.98. The van der Waals surface area contributed by atoms with Crippen molar-refractivity contribution in [3.05, 3.63) is 29.8 Å². The lowest BCUT2D eigenvalue weighted by molar-refractivity contribution is -0.138. The third-order valence-electron chi connectivity index (χ3n) is 2.99. The first-order valence-corrected chi connectivity index (χ1v) is 7.00. The molecule has 0 saturated heterocycles. The van der Waals surface area contributed by atoms with Gasteiger partial charge in [-0.1, -0.05) is 25.1 Å². The first kappa shape index (κ1) is 17.8. The molecule has 0 aliphatic heterocycles. The van der Waals surface area contributed by atoms with Gasteiger partial charge in [0.2, 0.25) is 0 Å². The van der Waals surface area contributed by atoms with Crippen LogP contribution in [0.5, 0.6) is 5.75 Å². The number of methoxy groups -OCH3 is 1. The van der Waals surface area contributed by atoms with Crippen molar-refractivity contribution in [2.24, 2.45) is 0 Å². The van der Waals surface area contributed by atoms with E-state index in [1.54, 1.807) is 7.11 Å². The zero-order valence-electron chi connectivity index (χ0n) is 12.4. The SMILES string of the molecule is CCNCC(OCCCC(F)(F)F)c1ccccc1OC. The topological polar surface area (TPSA) is 30.5 Å². The summed E-state index contributed by atoms with van der Waals surface area (Å²) in [5.41, 5.74) is 0.841. The van der Waals surface area contributed by atoms with Crippen LogP contribution in [-0.2, 0) is 4.74 Å². The van der Waals surface area contributed by atoms with Gasteiger partial charge >= 0.3 is 6.18 Å². The van der Waals surface area contributed by atoms with Crippen molar-refractivity contribution in [2.75, 3.05) is 26.8 Å². The van der Waals surface area contributed by atoms with Crippen LogP contribution in [0.3, 0.4) is 0 Å². The average Bonchev–Trinajstić information content (AvgIpc) is 2.45. The fourth-order valence-electron chi connectivity index (χ4n) is 1.96. The summed E-state index contributed by atoms with van der Waals surface area (Å²) in [6, 6.07) is 7.38. The van der Waals surface area contributed by atoms with E-state index in [1.807, 2.05) is 31.2 Å². The summed E-state index contributed by atoms with van der Waals surface area (Å²) in [6.07, 6.45) is -5.33. The summed E-state index contributed by atoms with van der Waals surface area (Å²) in [7, 11) is 1.56. The van der Waals surface area contributed by atoms with Crippen LogP contribution in [0.25, 0.3) is 0 Å². The quantitative estimate of drug-likeness (QED) is 0.706. The molecule has 0 fully saturated rings. The smallest absolute Gasteiger partial charge is 0.389 e. The number of hydrogen-bond acceptors (Lipinski definition) is 3. The second kappa shape index (κ2) is 8.89. The molecule has 1 unspecified atom stereocenters. The summed E-state index contributed by atoms with van der Waals surface area (Å²) in [4.78, 5) is 0. The van der Waals surface area contributed by atoms with Crippen LogP contribution in [0, 0.1) is 0 Å². The normalized spacial score (nSPS) is 13.2. The highest BCUT2D eigenvalue weighted by molar-refractivity contribution is 5.35. The number of halogens is 3. The number of alkyl halides is 3. The number of ether oxygens (including phenoxy) is 2. The Morgan fingerprint density at radius 1 is 1.24 bits per heavy atom. The second-order valence-electron chi connectivity index (χ2n) is 4.63. The predicted octanol–water partition coefficient (Wildman–Crippen LogP) is 3.70. The zero-order chi connectivity index (χ0) is 15.7. The Morgan fingerprint density at radius 2 is 1.95 bits per heavy atom. The summed E-state index contributed by atoms with van der Waals surface area (Å²) >= 11 is 0. The lowest BCUT2D eigenvalue weighted by Crippen LogP contribution is -2.24. The van der Waals surface area contributed by atoms with Crippen LogP contribution in [0.2, 0.25) is 0 Å². The van der Waals surface area contributed by atoms with E-state index >= 15 is 0 Å². The van der Waals surface area contributed by atoms with Crippen LogP contribution in [0.1, 0.15) is 31.4 Å². The van der Waals surface area contributed by atoms with E-state index in [4.69, 9.17) is 9.47 Å². The Morgan fingerprint density at radius 3 is 2.57 bits per heavy atom. The van der Waals surface area contributed by atoms with Gasteiger partial charge in [-0.25, -0.2) is 0 Å². The molecule has 0 heterocycles. The van der Waals surface area contributed by atoms with Gasteiger partial charge in [-0.15, -0.1) is 0 Å². The predicted molar refractivity (Wildman–Crippen MR) is 75.5 cm³/mol. The largest absolute Gasteiger partial charge is 0.496 e. The molecule has 0 saturated carbocycles. The van der Waals surface area contributed by atoms with Crippen molar-refractivity contribution in [1.82, 2.24) is 5.32 Å². The third kappa shape index (κ3) is 6.82. The minimum atomic E-state index is -4.13. The summed E-state index contributed by atoms with van der Waals surface area (Å²) in [5.74, 6) is 0.677. The Kier molecular flexibility index (Phi) is 7.53. The van der Waals surface area contributed by atoms with Crippen molar-refractivity contribution < 1.29 is 22.6 Å². The number of likely N-dealkylation sites (N-methyl/N-ethyl adjacent to an activating group) is 1. The first-order valence-electron chi connectivity index (χ1n) is 7.00. The summed E-state index contributed by atoms with van der Waals surface area (Å²) in [6.45, 7) is 3.32. The van der Waals surface area contributed by atoms with E-state index in [0.29, 0.717) is 12.3 Å². The number of para-hydroxylation sites is 1. The number of hydrogen-bond donors (Lipinski definition) is 1. The molecule has 0 aliphatic rings. The van der Waals surface area contributed by atoms with Crippen molar-refractivity contribution in [3.8, 4) is 5.75 Å². The molecule has 0 aromatic heterocycles.